The first kappa shape index (κ1) is 33.3. The summed E-state index contributed by atoms with van der Waals surface area (Å²) < 4.78 is 42.4. The summed E-state index contributed by atoms with van der Waals surface area (Å²) in [5, 5.41) is 9.89. The number of amides is 1. The number of nitrogens with one attached hydrogen (secondary N) is 1. The largest absolute Gasteiger partial charge is 0.475 e. The average Bonchev–Trinajstić information content (AvgIpc) is 3.50. The van der Waals surface area contributed by atoms with E-state index >= 15 is 0 Å². The van der Waals surface area contributed by atoms with Gasteiger partial charge in [0.15, 0.2) is 0 Å². The Morgan fingerprint density at radius 1 is 1.02 bits per heavy atom. The molecule has 5 aromatic rings. The summed E-state index contributed by atoms with van der Waals surface area (Å²) >= 11 is 0. The first-order chi connectivity index (χ1) is 24.3. The van der Waals surface area contributed by atoms with Crippen LogP contribution < -0.4 is 9.46 Å². The lowest BCUT2D eigenvalue weighted by molar-refractivity contribution is -0.126. The van der Waals surface area contributed by atoms with E-state index in [0.29, 0.717) is 34.8 Å². The Labute approximate surface area is 296 Å². The molecule has 12 nitrogen and oxygen atoms in total. The number of anilines is 1. The van der Waals surface area contributed by atoms with E-state index in [1.807, 2.05) is 45.9 Å². The number of aromatic nitrogens is 4. The van der Waals surface area contributed by atoms with Crippen LogP contribution in [0.5, 0.6) is 5.88 Å². The number of carbonyl (C=O) groups is 1. The van der Waals surface area contributed by atoms with E-state index in [-0.39, 0.29) is 53.4 Å². The lowest BCUT2D eigenvalue weighted by Gasteiger charge is -2.63. The zero-order chi connectivity index (χ0) is 35.7. The van der Waals surface area contributed by atoms with Crippen LogP contribution in [-0.4, -0.2) is 63.5 Å². The second kappa shape index (κ2) is 12.1. The Bertz CT molecular complexity index is 2270. The van der Waals surface area contributed by atoms with Crippen LogP contribution in [-0.2, 0) is 22.0 Å². The molecule has 4 aliphatic rings. The van der Waals surface area contributed by atoms with Gasteiger partial charge in [-0.3, -0.25) is 4.79 Å². The molecule has 0 saturated heterocycles. The van der Waals surface area contributed by atoms with Crippen molar-refractivity contribution in [1.82, 2.24) is 24.8 Å². The van der Waals surface area contributed by atoms with Crippen LogP contribution in [0, 0.1) is 25.2 Å². The van der Waals surface area contributed by atoms with Crippen LogP contribution in [0.2, 0.25) is 0 Å². The number of aliphatic hydroxyl groups excluding tert-OH is 1. The Hall–Kier alpha value is -4.88. The molecule has 0 spiro atoms. The smallest absolute Gasteiger partial charge is 0.264 e. The molecule has 3 aliphatic carbocycles. The second-order valence-electron chi connectivity index (χ2n) is 15.1. The number of furan rings is 1. The Morgan fingerprint density at radius 3 is 2.47 bits per heavy atom. The van der Waals surface area contributed by atoms with Crippen LogP contribution in [0.3, 0.4) is 0 Å². The van der Waals surface area contributed by atoms with E-state index in [0.717, 1.165) is 41.9 Å². The highest BCUT2D eigenvalue weighted by Crippen LogP contribution is 2.66. The number of rotatable bonds is 7. The molecule has 3 aromatic heterocycles. The van der Waals surface area contributed by atoms with Gasteiger partial charge < -0.3 is 19.2 Å². The normalized spacial score (nSPS) is 22.5. The number of fused-ring (bicyclic) bond motifs is 5. The van der Waals surface area contributed by atoms with Gasteiger partial charge in [-0.1, -0.05) is 38.1 Å². The van der Waals surface area contributed by atoms with Crippen molar-refractivity contribution in [3.8, 4) is 17.1 Å². The highest BCUT2D eigenvalue weighted by atomic mass is 32.2. The summed E-state index contributed by atoms with van der Waals surface area (Å²) in [6, 6.07) is 15.0. The summed E-state index contributed by atoms with van der Waals surface area (Å²) in [5.41, 5.74) is 4.43. The van der Waals surface area contributed by atoms with Crippen molar-refractivity contribution < 1.29 is 27.5 Å². The maximum absolute atomic E-state index is 14.6. The third kappa shape index (κ3) is 6.12. The molecule has 3 fully saturated rings. The highest BCUT2D eigenvalue weighted by Gasteiger charge is 2.57. The van der Waals surface area contributed by atoms with Gasteiger partial charge in [0.05, 0.1) is 41.7 Å². The molecule has 0 unspecified atom stereocenters. The maximum Gasteiger partial charge on any atom is 0.264 e. The fraction of sp³-hybridized carbons (Fsp3) is 0.395. The van der Waals surface area contributed by atoms with Gasteiger partial charge >= 0.3 is 0 Å². The number of ether oxygens (including phenoxy) is 1. The topological polar surface area (TPSA) is 161 Å². The molecule has 3 saturated carbocycles. The fourth-order valence-electron chi connectivity index (χ4n) is 7.77. The van der Waals surface area contributed by atoms with Crippen LogP contribution in [0.15, 0.2) is 70.1 Å². The molecule has 51 heavy (non-hydrogen) atoms. The van der Waals surface area contributed by atoms with Crippen LogP contribution in [0.4, 0.5) is 5.95 Å². The van der Waals surface area contributed by atoms with E-state index in [9.17, 15) is 18.3 Å². The summed E-state index contributed by atoms with van der Waals surface area (Å²) in [6.45, 7) is 7.79. The molecule has 0 radical (unpaired) electrons. The van der Waals surface area contributed by atoms with Crippen molar-refractivity contribution in [1.29, 1.82) is 0 Å². The molecule has 4 heterocycles. The molecule has 1 amide bonds. The molecule has 1 aliphatic heterocycles. The van der Waals surface area contributed by atoms with Gasteiger partial charge in [-0.05, 0) is 80.2 Å². The summed E-state index contributed by atoms with van der Waals surface area (Å²) in [5.74, 6) is 1.01. The van der Waals surface area contributed by atoms with E-state index in [2.05, 4.69) is 19.7 Å². The maximum atomic E-state index is 14.6. The predicted octanol–water partition coefficient (Wildman–Crippen LogP) is 5.96. The van der Waals surface area contributed by atoms with Crippen molar-refractivity contribution in [3.63, 3.8) is 0 Å². The molecule has 2 aromatic carbocycles. The molecule has 9 rings (SSSR count). The third-order valence-electron chi connectivity index (χ3n) is 10.7. The van der Waals surface area contributed by atoms with Gasteiger partial charge in [0.25, 0.3) is 15.9 Å². The molecular weight excluding hydrogens is 669 g/mol. The van der Waals surface area contributed by atoms with Crippen molar-refractivity contribution in [2.75, 3.05) is 17.9 Å². The number of hydrogen-bond acceptors (Lipinski definition) is 10. The Balaban J connectivity index is 1.23. The lowest BCUT2D eigenvalue weighted by atomic mass is 9.43. The van der Waals surface area contributed by atoms with Gasteiger partial charge in [0.2, 0.25) is 17.5 Å². The monoisotopic (exact) mass is 708 g/mol. The Morgan fingerprint density at radius 2 is 1.76 bits per heavy atom. The Kier molecular flexibility index (Phi) is 7.91. The number of aryl methyl sites for hydroxylation is 2. The molecule has 6 bridgehead atoms. The van der Waals surface area contributed by atoms with Crippen LogP contribution >= 0.6 is 0 Å². The van der Waals surface area contributed by atoms with Gasteiger partial charge in [-0.15, -0.1) is 0 Å². The third-order valence-corrected chi connectivity index (χ3v) is 12.0. The average molecular weight is 709 g/mol. The number of nitrogens with zero attached hydrogens (tertiary/aromatic N) is 5. The van der Waals surface area contributed by atoms with Crippen molar-refractivity contribution in [3.05, 3.63) is 88.9 Å². The molecule has 2 N–H and O–H groups in total. The van der Waals surface area contributed by atoms with E-state index in [1.165, 1.54) is 12.1 Å². The first-order valence-corrected chi connectivity index (χ1v) is 18.7. The highest BCUT2D eigenvalue weighted by molar-refractivity contribution is 7.92. The van der Waals surface area contributed by atoms with Crippen LogP contribution in [0.25, 0.3) is 22.5 Å². The second-order valence-corrected chi connectivity index (χ2v) is 16.8. The minimum absolute atomic E-state index is 0.0919. The fourth-order valence-corrected chi connectivity index (χ4v) is 8.76. The van der Waals surface area contributed by atoms with Gasteiger partial charge in [-0.2, -0.15) is 4.98 Å². The van der Waals surface area contributed by atoms with Gasteiger partial charge in [0.1, 0.15) is 17.9 Å². The minimum atomic E-state index is -4.20. The quantitative estimate of drug-likeness (QED) is 0.206. The van der Waals surface area contributed by atoms with Crippen molar-refractivity contribution in [2.45, 2.75) is 76.3 Å². The predicted molar refractivity (Wildman–Crippen MR) is 190 cm³/mol. The van der Waals surface area contributed by atoms with Crippen molar-refractivity contribution >= 4 is 33.1 Å². The van der Waals surface area contributed by atoms with Crippen LogP contribution in [0.1, 0.15) is 72.5 Å². The number of carbonyl (C=O) groups excluding carboxylic acids is 1. The zero-order valence-electron chi connectivity index (χ0n) is 29.0. The lowest BCUT2D eigenvalue weighted by Crippen LogP contribution is -2.56. The molecule has 13 heteroatoms. The van der Waals surface area contributed by atoms with E-state index in [1.54, 1.807) is 35.4 Å². The standard InChI is InChI=1S/C38H40N6O6S/c1-22-7-5-8-23(2)33(22)29-13-32-42-36(41-29)43-51(47,48)28-10-6-9-25(11-28)35(46)44(27(20-49-32)17-38-14-24(15-38)16-38)19-26-18-39-34-30(40-26)12-31(50-34)37(3,4)21-45/h5-13,18,24,27,45H,14-17,19-21H2,1-4H3,(H,41,42,43)/t24?,27-,38?/m1/s1. The number of aliphatic hydroxyl groups is 1. The SMILES string of the molecule is Cc1cccc(C)c1-c1cc2nc(n1)NS(=O)(=O)c1cccc(c1)C(=O)N(Cc1cnc3oc(C(C)(C)CO)cc3n1)[C@H](CC13CC(C1)C3)CO2. The van der Waals surface area contributed by atoms with Crippen molar-refractivity contribution in [2.24, 2.45) is 11.3 Å². The molecule has 264 valence electrons. The minimum Gasteiger partial charge on any atom is -0.475 e. The zero-order valence-corrected chi connectivity index (χ0v) is 29.8. The number of benzene rings is 2. The van der Waals surface area contributed by atoms with E-state index in [4.69, 9.17) is 14.1 Å². The number of hydrogen-bond donors (Lipinski definition) is 2. The summed E-state index contributed by atoms with van der Waals surface area (Å²) in [6.07, 6.45) is 5.64. The molecule has 1 atom stereocenters. The van der Waals surface area contributed by atoms with E-state index < -0.39 is 21.5 Å². The molecular formula is C38H40N6O6S. The first-order valence-electron chi connectivity index (χ1n) is 17.2. The number of sulfonamides is 1. The summed E-state index contributed by atoms with van der Waals surface area (Å²) in [7, 11) is -4.20. The van der Waals surface area contributed by atoms with Gasteiger partial charge in [0, 0.05) is 28.7 Å². The summed E-state index contributed by atoms with van der Waals surface area (Å²) in [4.78, 5) is 34.7. The van der Waals surface area contributed by atoms with Gasteiger partial charge in [-0.25, -0.2) is 28.1 Å².